The second-order valence-electron chi connectivity index (χ2n) is 3.61. The Labute approximate surface area is 89.3 Å². The van der Waals surface area contributed by atoms with E-state index in [9.17, 15) is 4.79 Å². The van der Waals surface area contributed by atoms with Gasteiger partial charge in [-0.25, -0.2) is 0 Å². The molecule has 1 N–H and O–H groups in total. The third kappa shape index (κ3) is 3.71. The molecule has 1 rings (SSSR count). The molecule has 1 aromatic heterocycles. The molecule has 0 aliphatic carbocycles. The third-order valence-corrected chi connectivity index (χ3v) is 2.08. The monoisotopic (exact) mass is 211 g/mol. The van der Waals surface area contributed by atoms with Gasteiger partial charge in [-0.1, -0.05) is 6.92 Å². The van der Waals surface area contributed by atoms with Crippen LogP contribution in [0.1, 0.15) is 19.0 Å². The van der Waals surface area contributed by atoms with Crippen LogP contribution in [0.25, 0.3) is 0 Å². The summed E-state index contributed by atoms with van der Waals surface area (Å²) in [7, 11) is 1.79. The average molecular weight is 211 g/mol. The molecule has 5 heteroatoms. The summed E-state index contributed by atoms with van der Waals surface area (Å²) in [4.78, 5) is 12.2. The molecule has 0 spiro atoms. The largest absolute Gasteiger partial charge is 0.480 e. The fraction of sp³-hybridized carbons (Fsp3) is 0.600. The first kappa shape index (κ1) is 11.7. The zero-order chi connectivity index (χ0) is 11.3. The first-order chi connectivity index (χ1) is 7.13. The fourth-order valence-corrected chi connectivity index (χ4v) is 1.47. The molecule has 0 bridgehead atoms. The van der Waals surface area contributed by atoms with Crippen LogP contribution in [0.4, 0.5) is 0 Å². The Morgan fingerprint density at radius 2 is 2.40 bits per heavy atom. The van der Waals surface area contributed by atoms with E-state index >= 15 is 0 Å². The van der Waals surface area contributed by atoms with Gasteiger partial charge in [0.2, 0.25) is 0 Å². The molecule has 0 aliphatic rings. The van der Waals surface area contributed by atoms with E-state index in [0.29, 0.717) is 6.54 Å². The quantitative estimate of drug-likeness (QED) is 0.756. The van der Waals surface area contributed by atoms with Crippen LogP contribution in [0.5, 0.6) is 0 Å². The van der Waals surface area contributed by atoms with Crippen LogP contribution in [0.3, 0.4) is 0 Å². The minimum atomic E-state index is -0.806. The van der Waals surface area contributed by atoms with E-state index < -0.39 is 5.97 Å². The standard InChI is InChI=1S/C10H17N3O2/c1-3-6-13-9(4-5-11-13)7-12(2)8-10(14)15/h4-5H,3,6-8H2,1-2H3,(H,14,15). The molecular formula is C10H17N3O2. The Bertz CT molecular complexity index is 322. The number of carbonyl (C=O) groups is 1. The van der Waals surface area contributed by atoms with Gasteiger partial charge in [-0.15, -0.1) is 0 Å². The Morgan fingerprint density at radius 1 is 1.67 bits per heavy atom. The van der Waals surface area contributed by atoms with Crippen molar-refractivity contribution in [2.75, 3.05) is 13.6 Å². The van der Waals surface area contributed by atoms with Gasteiger partial charge in [-0.2, -0.15) is 5.10 Å². The van der Waals surface area contributed by atoms with Gasteiger partial charge >= 0.3 is 5.97 Å². The number of carboxylic acid groups (broad SMARTS) is 1. The van der Waals surface area contributed by atoms with Crippen LogP contribution in [0, 0.1) is 0 Å². The summed E-state index contributed by atoms with van der Waals surface area (Å²) < 4.78 is 1.92. The Balaban J connectivity index is 2.55. The van der Waals surface area contributed by atoms with Crippen molar-refractivity contribution in [2.24, 2.45) is 0 Å². The van der Waals surface area contributed by atoms with Crippen molar-refractivity contribution in [3.05, 3.63) is 18.0 Å². The Kier molecular flexibility index (Phi) is 4.30. The number of likely N-dealkylation sites (N-methyl/N-ethyl adjacent to an activating group) is 1. The summed E-state index contributed by atoms with van der Waals surface area (Å²) in [6, 6.07) is 1.92. The van der Waals surface area contributed by atoms with Gasteiger partial charge in [0.1, 0.15) is 0 Å². The van der Waals surface area contributed by atoms with E-state index in [2.05, 4.69) is 12.0 Å². The van der Waals surface area contributed by atoms with E-state index in [1.54, 1.807) is 18.1 Å². The number of aryl methyl sites for hydroxylation is 1. The maximum Gasteiger partial charge on any atom is 0.317 e. The number of hydrogen-bond donors (Lipinski definition) is 1. The lowest BCUT2D eigenvalue weighted by molar-refractivity contribution is -0.138. The van der Waals surface area contributed by atoms with Gasteiger partial charge < -0.3 is 5.11 Å². The van der Waals surface area contributed by atoms with Gasteiger partial charge in [0.25, 0.3) is 0 Å². The summed E-state index contributed by atoms with van der Waals surface area (Å²) in [6.07, 6.45) is 2.77. The lowest BCUT2D eigenvalue weighted by Gasteiger charge is -2.14. The summed E-state index contributed by atoms with van der Waals surface area (Å²) in [5.74, 6) is -0.806. The lowest BCUT2D eigenvalue weighted by Crippen LogP contribution is -2.26. The Hall–Kier alpha value is -1.36. The molecule has 1 heterocycles. The second kappa shape index (κ2) is 5.50. The molecule has 0 atom stereocenters. The first-order valence-corrected chi connectivity index (χ1v) is 5.04. The molecule has 0 fully saturated rings. The number of aromatic nitrogens is 2. The summed E-state index contributed by atoms with van der Waals surface area (Å²) >= 11 is 0. The maximum atomic E-state index is 10.5. The maximum absolute atomic E-state index is 10.5. The second-order valence-corrected chi connectivity index (χ2v) is 3.61. The zero-order valence-corrected chi connectivity index (χ0v) is 9.18. The smallest absolute Gasteiger partial charge is 0.317 e. The van der Waals surface area contributed by atoms with E-state index in [4.69, 9.17) is 5.11 Å². The molecule has 0 saturated carbocycles. The molecule has 0 radical (unpaired) electrons. The molecule has 0 unspecified atom stereocenters. The van der Waals surface area contributed by atoms with E-state index in [1.807, 2.05) is 10.7 Å². The first-order valence-electron chi connectivity index (χ1n) is 5.04. The van der Waals surface area contributed by atoms with Gasteiger partial charge in [0.05, 0.1) is 12.2 Å². The average Bonchev–Trinajstić information content (AvgIpc) is 2.52. The van der Waals surface area contributed by atoms with Crippen LogP contribution in [-0.4, -0.2) is 39.3 Å². The van der Waals surface area contributed by atoms with Crippen LogP contribution in [0.2, 0.25) is 0 Å². The van der Waals surface area contributed by atoms with Crippen molar-refractivity contribution in [1.82, 2.24) is 14.7 Å². The molecule has 0 aliphatic heterocycles. The van der Waals surface area contributed by atoms with Gasteiger partial charge in [0.15, 0.2) is 0 Å². The predicted molar refractivity (Wildman–Crippen MR) is 56.5 cm³/mol. The van der Waals surface area contributed by atoms with E-state index in [0.717, 1.165) is 18.7 Å². The van der Waals surface area contributed by atoms with Crippen molar-refractivity contribution in [1.29, 1.82) is 0 Å². The highest BCUT2D eigenvalue weighted by molar-refractivity contribution is 5.68. The molecular weight excluding hydrogens is 194 g/mol. The van der Waals surface area contributed by atoms with Crippen molar-refractivity contribution in [3.8, 4) is 0 Å². The number of rotatable bonds is 6. The van der Waals surface area contributed by atoms with Crippen molar-refractivity contribution >= 4 is 5.97 Å². The summed E-state index contributed by atoms with van der Waals surface area (Å²) in [5.41, 5.74) is 1.06. The fourth-order valence-electron chi connectivity index (χ4n) is 1.47. The number of nitrogens with zero attached hydrogens (tertiary/aromatic N) is 3. The number of hydrogen-bond acceptors (Lipinski definition) is 3. The molecule has 0 amide bonds. The van der Waals surface area contributed by atoms with Crippen LogP contribution >= 0.6 is 0 Å². The van der Waals surface area contributed by atoms with Crippen molar-refractivity contribution in [2.45, 2.75) is 26.4 Å². The minimum absolute atomic E-state index is 0.0529. The highest BCUT2D eigenvalue weighted by Crippen LogP contribution is 2.03. The molecule has 1 aromatic rings. The van der Waals surface area contributed by atoms with Crippen molar-refractivity contribution in [3.63, 3.8) is 0 Å². The molecule has 15 heavy (non-hydrogen) atoms. The number of aliphatic carboxylic acids is 1. The summed E-state index contributed by atoms with van der Waals surface area (Å²) in [6.45, 7) is 3.64. The highest BCUT2D eigenvalue weighted by Gasteiger charge is 2.08. The van der Waals surface area contributed by atoms with Crippen LogP contribution < -0.4 is 0 Å². The SMILES string of the molecule is CCCn1nccc1CN(C)CC(=O)O. The predicted octanol–water partition coefficient (Wildman–Crippen LogP) is 0.809. The molecule has 0 saturated heterocycles. The van der Waals surface area contributed by atoms with Crippen LogP contribution in [-0.2, 0) is 17.9 Å². The lowest BCUT2D eigenvalue weighted by atomic mass is 10.3. The van der Waals surface area contributed by atoms with Gasteiger partial charge in [0, 0.05) is 19.3 Å². The van der Waals surface area contributed by atoms with Gasteiger partial charge in [-0.05, 0) is 19.5 Å². The minimum Gasteiger partial charge on any atom is -0.480 e. The molecule has 5 nitrogen and oxygen atoms in total. The number of carboxylic acids is 1. The molecule has 84 valence electrons. The topological polar surface area (TPSA) is 58.4 Å². The van der Waals surface area contributed by atoms with Crippen LogP contribution in [0.15, 0.2) is 12.3 Å². The summed E-state index contributed by atoms with van der Waals surface area (Å²) in [5, 5.41) is 12.8. The van der Waals surface area contributed by atoms with Gasteiger partial charge in [-0.3, -0.25) is 14.4 Å². The zero-order valence-electron chi connectivity index (χ0n) is 9.18. The molecule has 0 aromatic carbocycles. The van der Waals surface area contributed by atoms with E-state index in [-0.39, 0.29) is 6.54 Å². The highest BCUT2D eigenvalue weighted by atomic mass is 16.4. The van der Waals surface area contributed by atoms with E-state index in [1.165, 1.54) is 0 Å². The normalized spacial score (nSPS) is 10.9. The van der Waals surface area contributed by atoms with Crippen molar-refractivity contribution < 1.29 is 9.90 Å². The third-order valence-electron chi connectivity index (χ3n) is 2.08. The Morgan fingerprint density at radius 3 is 3.00 bits per heavy atom.